The number of hydrogen-bond donors (Lipinski definition) is 3. The third-order valence-corrected chi connectivity index (χ3v) is 4.25. The molecule has 0 heterocycles. The van der Waals surface area contributed by atoms with Crippen molar-refractivity contribution < 1.29 is 4.79 Å². The highest BCUT2D eigenvalue weighted by molar-refractivity contribution is 6.07. The van der Waals surface area contributed by atoms with Crippen LogP contribution in [-0.4, -0.2) is 11.4 Å². The van der Waals surface area contributed by atoms with Gasteiger partial charge in [-0.05, 0) is 59.6 Å². The smallest absolute Gasteiger partial charge is 0.255 e. The minimum atomic E-state index is -0.128. The zero-order valence-electron chi connectivity index (χ0n) is 14.7. The number of benzene rings is 1. The van der Waals surface area contributed by atoms with E-state index in [0.29, 0.717) is 11.4 Å². The number of hydrogen-bond acceptors (Lipinski definition) is 3. The number of allylic oxidation sites excluding steroid dienone is 1. The van der Waals surface area contributed by atoms with Gasteiger partial charge in [0.2, 0.25) is 0 Å². The van der Waals surface area contributed by atoms with Gasteiger partial charge in [0.05, 0.1) is 0 Å². The van der Waals surface area contributed by atoms with Crippen LogP contribution >= 0.6 is 0 Å². The predicted molar refractivity (Wildman–Crippen MR) is 95.8 cm³/mol. The van der Waals surface area contributed by atoms with Crippen LogP contribution in [0.4, 0.5) is 5.69 Å². The summed E-state index contributed by atoms with van der Waals surface area (Å²) >= 11 is 0. The maximum absolute atomic E-state index is 12.7. The van der Waals surface area contributed by atoms with Crippen LogP contribution in [0.3, 0.4) is 0 Å². The van der Waals surface area contributed by atoms with Crippen LogP contribution in [0.15, 0.2) is 46.8 Å². The van der Waals surface area contributed by atoms with Crippen LogP contribution in [0, 0.1) is 6.92 Å². The highest BCUT2D eigenvalue weighted by Crippen LogP contribution is 2.35. The van der Waals surface area contributed by atoms with Gasteiger partial charge in [0, 0.05) is 22.4 Å². The fourth-order valence-corrected chi connectivity index (χ4v) is 2.47. The van der Waals surface area contributed by atoms with Gasteiger partial charge in [-0.15, -0.1) is 0 Å². The van der Waals surface area contributed by atoms with Crippen LogP contribution in [0.1, 0.15) is 46.1 Å². The molecule has 0 bridgehead atoms. The van der Waals surface area contributed by atoms with Gasteiger partial charge in [0.15, 0.2) is 0 Å². The van der Waals surface area contributed by atoms with E-state index in [0.717, 1.165) is 35.2 Å². The maximum Gasteiger partial charge on any atom is 0.255 e. The Morgan fingerprint density at radius 2 is 1.70 bits per heavy atom. The van der Waals surface area contributed by atoms with Crippen molar-refractivity contribution in [1.29, 1.82) is 0 Å². The summed E-state index contributed by atoms with van der Waals surface area (Å²) < 4.78 is 0. The molecule has 124 valence electrons. The number of nitrogens with one attached hydrogen (secondary N) is 2. The Labute approximate surface area is 138 Å². The Hall–Kier alpha value is -2.23. The molecular weight excluding hydrogens is 286 g/mol. The maximum atomic E-state index is 12.7. The molecule has 4 N–H and O–H groups in total. The number of nitrogens with two attached hydrogens (primary N) is 1. The molecule has 0 saturated heterocycles. The van der Waals surface area contributed by atoms with Crippen molar-refractivity contribution in [2.45, 2.75) is 53.0 Å². The van der Waals surface area contributed by atoms with Gasteiger partial charge < -0.3 is 16.4 Å². The molecule has 4 nitrogen and oxygen atoms in total. The predicted octanol–water partition coefficient (Wildman–Crippen LogP) is 3.60. The Bertz CT molecular complexity index is 660. The molecule has 1 aliphatic rings. The Morgan fingerprint density at radius 1 is 1.13 bits per heavy atom. The molecule has 0 radical (unpaired) electrons. The van der Waals surface area contributed by atoms with Crippen molar-refractivity contribution >= 4 is 11.6 Å². The molecule has 1 aromatic rings. The fourth-order valence-electron chi connectivity index (χ4n) is 2.47. The highest BCUT2D eigenvalue weighted by atomic mass is 16.1. The van der Waals surface area contributed by atoms with E-state index in [2.05, 4.69) is 17.6 Å². The van der Waals surface area contributed by atoms with Gasteiger partial charge in [0.25, 0.3) is 5.91 Å². The number of carbonyl (C=O) groups excluding carboxylic acids is 1. The summed E-state index contributed by atoms with van der Waals surface area (Å²) in [6.07, 6.45) is 2.22. The van der Waals surface area contributed by atoms with Crippen LogP contribution in [-0.2, 0) is 4.79 Å². The van der Waals surface area contributed by atoms with E-state index in [1.807, 2.05) is 52.0 Å². The van der Waals surface area contributed by atoms with E-state index in [9.17, 15) is 4.79 Å². The van der Waals surface area contributed by atoms with Crippen molar-refractivity contribution in [3.63, 3.8) is 0 Å². The molecule has 0 spiro atoms. The number of carbonyl (C=O) groups is 1. The Kier molecular flexibility index (Phi) is 4.83. The second-order valence-electron chi connectivity index (χ2n) is 6.92. The molecule has 0 unspecified atom stereocenters. The Balaban J connectivity index is 2.20. The quantitative estimate of drug-likeness (QED) is 0.575. The first-order valence-corrected chi connectivity index (χ1v) is 8.02. The second kappa shape index (κ2) is 6.49. The molecule has 4 heteroatoms. The van der Waals surface area contributed by atoms with E-state index in [-0.39, 0.29) is 11.4 Å². The third-order valence-electron chi connectivity index (χ3n) is 4.25. The third kappa shape index (κ3) is 4.38. The number of aryl methyl sites for hydroxylation is 1. The molecule has 0 aromatic heterocycles. The largest absolute Gasteiger partial charge is 0.385 e. The van der Waals surface area contributed by atoms with Crippen molar-refractivity contribution in [2.24, 2.45) is 5.73 Å². The number of anilines is 1. The van der Waals surface area contributed by atoms with E-state index in [1.54, 1.807) is 0 Å². The average Bonchev–Trinajstić information content (AvgIpc) is 3.18. The lowest BCUT2D eigenvalue weighted by molar-refractivity contribution is -0.112. The molecule has 1 saturated carbocycles. The minimum absolute atomic E-state index is 0.0888. The van der Waals surface area contributed by atoms with Crippen molar-refractivity contribution in [3.8, 4) is 0 Å². The zero-order valence-corrected chi connectivity index (χ0v) is 14.7. The summed E-state index contributed by atoms with van der Waals surface area (Å²) in [7, 11) is 0. The van der Waals surface area contributed by atoms with Gasteiger partial charge >= 0.3 is 0 Å². The molecule has 1 aliphatic carbocycles. The summed E-state index contributed by atoms with van der Waals surface area (Å²) in [6, 6.07) is 7.76. The first-order chi connectivity index (χ1) is 10.7. The first-order valence-electron chi connectivity index (χ1n) is 8.02. The van der Waals surface area contributed by atoms with E-state index in [1.165, 1.54) is 0 Å². The van der Waals surface area contributed by atoms with Gasteiger partial charge in [-0.1, -0.05) is 23.3 Å². The van der Waals surface area contributed by atoms with Gasteiger partial charge in [0.1, 0.15) is 5.82 Å². The molecule has 1 fully saturated rings. The van der Waals surface area contributed by atoms with Crippen molar-refractivity contribution in [3.05, 3.63) is 52.4 Å². The summed E-state index contributed by atoms with van der Waals surface area (Å²) in [4.78, 5) is 12.7. The molecule has 1 amide bonds. The summed E-state index contributed by atoms with van der Waals surface area (Å²) in [5.41, 5.74) is 10.6. The van der Waals surface area contributed by atoms with Gasteiger partial charge in [-0.25, -0.2) is 0 Å². The molecule has 23 heavy (non-hydrogen) atoms. The SMILES string of the molecule is CC(C)=C(C(=O)Nc1ccc(C)cc1)/C(C)=C(/N)NC1(C)CC1. The fraction of sp³-hybridized carbons (Fsp3) is 0.421. The average molecular weight is 313 g/mol. The zero-order chi connectivity index (χ0) is 17.2. The number of amides is 1. The summed E-state index contributed by atoms with van der Waals surface area (Å²) in [5, 5.41) is 6.29. The first kappa shape index (κ1) is 17.1. The minimum Gasteiger partial charge on any atom is -0.385 e. The van der Waals surface area contributed by atoms with Gasteiger partial charge in [-0.3, -0.25) is 4.79 Å². The molecule has 0 aliphatic heterocycles. The molecule has 1 aromatic carbocycles. The van der Waals surface area contributed by atoms with Gasteiger partial charge in [-0.2, -0.15) is 0 Å². The lowest BCUT2D eigenvalue weighted by Crippen LogP contribution is -2.33. The Morgan fingerprint density at radius 3 is 2.17 bits per heavy atom. The normalized spacial score (nSPS) is 16.2. The topological polar surface area (TPSA) is 67.2 Å². The van der Waals surface area contributed by atoms with E-state index < -0.39 is 0 Å². The number of rotatable bonds is 5. The highest BCUT2D eigenvalue weighted by Gasteiger charge is 2.37. The van der Waals surface area contributed by atoms with Crippen LogP contribution in [0.2, 0.25) is 0 Å². The summed E-state index contributed by atoms with van der Waals surface area (Å²) in [5.74, 6) is 0.456. The van der Waals surface area contributed by atoms with E-state index in [4.69, 9.17) is 5.73 Å². The van der Waals surface area contributed by atoms with E-state index >= 15 is 0 Å². The lowest BCUT2D eigenvalue weighted by atomic mass is 10.0. The summed E-state index contributed by atoms with van der Waals surface area (Å²) in [6.45, 7) is 9.91. The molecule has 2 rings (SSSR count). The van der Waals surface area contributed by atoms with Crippen molar-refractivity contribution in [1.82, 2.24) is 5.32 Å². The second-order valence-corrected chi connectivity index (χ2v) is 6.92. The van der Waals surface area contributed by atoms with Crippen LogP contribution in [0.25, 0.3) is 0 Å². The van der Waals surface area contributed by atoms with Crippen LogP contribution in [0.5, 0.6) is 0 Å². The monoisotopic (exact) mass is 313 g/mol. The molecule has 0 atom stereocenters. The van der Waals surface area contributed by atoms with Crippen LogP contribution < -0.4 is 16.4 Å². The lowest BCUT2D eigenvalue weighted by Gasteiger charge is -2.18. The molecular formula is C19H27N3O. The van der Waals surface area contributed by atoms with Crippen molar-refractivity contribution in [2.75, 3.05) is 5.32 Å². The standard InChI is InChI=1S/C19H27N3O/c1-12(2)16(14(4)17(20)22-19(5)10-11-19)18(23)21-15-8-6-13(3)7-9-15/h6-9,22H,10-11,20H2,1-5H3,(H,21,23)/b17-14-.